The van der Waals surface area contributed by atoms with Crippen molar-refractivity contribution in [2.24, 2.45) is 5.92 Å². The third-order valence-corrected chi connectivity index (χ3v) is 5.24. The molecule has 0 aliphatic rings. The first-order valence-electron chi connectivity index (χ1n) is 8.78. The number of fused-ring (bicyclic) bond motifs is 2. The van der Waals surface area contributed by atoms with Crippen LogP contribution in [0.2, 0.25) is 0 Å². The first-order valence-corrected chi connectivity index (χ1v) is 9.60. The Morgan fingerprint density at radius 1 is 1.04 bits per heavy atom. The Hall–Kier alpha value is -3.13. The van der Waals surface area contributed by atoms with Crippen LogP contribution in [0.5, 0.6) is 0 Å². The van der Waals surface area contributed by atoms with Gasteiger partial charge >= 0.3 is 0 Å². The van der Waals surface area contributed by atoms with Crippen molar-refractivity contribution in [3.63, 3.8) is 0 Å². The maximum absolute atomic E-state index is 4.82. The Bertz CT molecular complexity index is 1200. The molecular weight excluding hydrogens is 358 g/mol. The topological polar surface area (TPSA) is 74.3 Å². The summed E-state index contributed by atoms with van der Waals surface area (Å²) >= 11 is 1.60. The molecule has 0 saturated heterocycles. The molecule has 0 unspecified atom stereocenters. The van der Waals surface area contributed by atoms with Gasteiger partial charge in [-0.25, -0.2) is 24.6 Å². The van der Waals surface area contributed by atoms with Crippen LogP contribution in [0.25, 0.3) is 38.2 Å². The number of rotatable bonds is 4. The van der Waals surface area contributed by atoms with Crippen molar-refractivity contribution >= 4 is 32.7 Å². The van der Waals surface area contributed by atoms with Gasteiger partial charge in [0, 0.05) is 18.9 Å². The van der Waals surface area contributed by atoms with E-state index < -0.39 is 0 Å². The monoisotopic (exact) mass is 375 g/mol. The van der Waals surface area contributed by atoms with E-state index in [0.29, 0.717) is 11.7 Å². The Kier molecular flexibility index (Phi) is 3.71. The Balaban J connectivity index is 1.70. The highest BCUT2D eigenvalue weighted by Gasteiger charge is 2.18. The molecule has 0 fully saturated rings. The molecule has 0 amide bonds. The van der Waals surface area contributed by atoms with Crippen molar-refractivity contribution < 1.29 is 0 Å². The van der Waals surface area contributed by atoms with Crippen LogP contribution >= 0.6 is 11.3 Å². The molecule has 0 aliphatic carbocycles. The summed E-state index contributed by atoms with van der Waals surface area (Å²) in [4.78, 5) is 18.7. The third-order valence-electron chi connectivity index (χ3n) is 4.21. The number of thiazole rings is 1. The average molecular weight is 375 g/mol. The van der Waals surface area contributed by atoms with Gasteiger partial charge in [0.05, 0.1) is 16.4 Å². The number of imidazole rings is 1. The zero-order valence-electron chi connectivity index (χ0n) is 14.9. The Morgan fingerprint density at radius 3 is 2.70 bits per heavy atom. The van der Waals surface area contributed by atoms with E-state index in [0.717, 1.165) is 38.9 Å². The van der Waals surface area contributed by atoms with Gasteiger partial charge in [-0.3, -0.25) is 4.57 Å². The molecule has 4 heterocycles. The fourth-order valence-corrected chi connectivity index (χ4v) is 3.98. The van der Waals surface area contributed by atoms with Crippen molar-refractivity contribution in [2.45, 2.75) is 20.4 Å². The second kappa shape index (κ2) is 6.24. The van der Waals surface area contributed by atoms with Gasteiger partial charge in [-0.1, -0.05) is 26.0 Å². The maximum atomic E-state index is 4.82. The molecule has 27 heavy (non-hydrogen) atoms. The van der Waals surface area contributed by atoms with E-state index in [1.165, 1.54) is 0 Å². The number of hydrogen-bond acceptors (Lipinski definition) is 6. The third kappa shape index (κ3) is 2.78. The van der Waals surface area contributed by atoms with E-state index >= 15 is 0 Å². The minimum Gasteiger partial charge on any atom is -0.293 e. The zero-order chi connectivity index (χ0) is 18.4. The van der Waals surface area contributed by atoms with Gasteiger partial charge < -0.3 is 0 Å². The van der Waals surface area contributed by atoms with Crippen LogP contribution in [-0.2, 0) is 6.54 Å². The molecule has 0 saturated carbocycles. The predicted octanol–water partition coefficient (Wildman–Crippen LogP) is 3.94. The maximum Gasteiger partial charge on any atom is 0.233 e. The number of benzene rings is 1. The minimum absolute atomic E-state index is 0.442. The highest BCUT2D eigenvalue weighted by molar-refractivity contribution is 7.21. The predicted molar refractivity (Wildman–Crippen MR) is 106 cm³/mol. The molecule has 0 bridgehead atoms. The summed E-state index contributed by atoms with van der Waals surface area (Å²) in [5, 5.41) is 5.15. The molecule has 5 aromatic rings. The second-order valence-corrected chi connectivity index (χ2v) is 7.79. The van der Waals surface area contributed by atoms with Crippen LogP contribution in [-0.4, -0.2) is 34.3 Å². The number of hydrogen-bond donors (Lipinski definition) is 0. The molecule has 0 spiro atoms. The van der Waals surface area contributed by atoms with E-state index in [2.05, 4.69) is 39.5 Å². The largest absolute Gasteiger partial charge is 0.293 e. The van der Waals surface area contributed by atoms with Crippen LogP contribution < -0.4 is 0 Å². The summed E-state index contributed by atoms with van der Waals surface area (Å²) < 4.78 is 5.00. The molecule has 4 aromatic heterocycles. The quantitative estimate of drug-likeness (QED) is 0.475. The highest BCUT2D eigenvalue weighted by atomic mass is 32.1. The molecule has 5 rings (SSSR count). The minimum atomic E-state index is 0.442. The highest BCUT2D eigenvalue weighted by Crippen LogP contribution is 2.29. The lowest BCUT2D eigenvalue weighted by Gasteiger charge is -2.10. The molecule has 0 N–H and O–H groups in total. The van der Waals surface area contributed by atoms with Gasteiger partial charge in [-0.15, -0.1) is 11.3 Å². The molecule has 7 nitrogen and oxygen atoms in total. The van der Waals surface area contributed by atoms with Crippen molar-refractivity contribution in [1.82, 2.24) is 34.3 Å². The number of nitrogens with zero attached hydrogens (tertiary/aromatic N) is 7. The molecule has 8 heteroatoms. The van der Waals surface area contributed by atoms with Crippen molar-refractivity contribution in [1.29, 1.82) is 0 Å². The van der Waals surface area contributed by atoms with Gasteiger partial charge in [-0.2, -0.15) is 5.10 Å². The lowest BCUT2D eigenvalue weighted by atomic mass is 10.2. The molecular formula is C19H17N7S. The summed E-state index contributed by atoms with van der Waals surface area (Å²) in [6.45, 7) is 5.14. The van der Waals surface area contributed by atoms with E-state index in [1.807, 2.05) is 30.5 Å². The molecule has 0 aliphatic heterocycles. The van der Waals surface area contributed by atoms with Crippen molar-refractivity contribution in [3.05, 3.63) is 48.9 Å². The van der Waals surface area contributed by atoms with E-state index in [1.54, 1.807) is 28.4 Å². The van der Waals surface area contributed by atoms with Gasteiger partial charge in [0.1, 0.15) is 5.52 Å². The van der Waals surface area contributed by atoms with Gasteiger partial charge in [0.25, 0.3) is 0 Å². The smallest absolute Gasteiger partial charge is 0.233 e. The summed E-state index contributed by atoms with van der Waals surface area (Å²) in [5.74, 6) is 1.82. The summed E-state index contributed by atoms with van der Waals surface area (Å²) in [7, 11) is 0. The van der Waals surface area contributed by atoms with E-state index in [9.17, 15) is 0 Å². The van der Waals surface area contributed by atoms with E-state index in [-0.39, 0.29) is 0 Å². The molecule has 0 atom stereocenters. The van der Waals surface area contributed by atoms with Crippen LogP contribution in [0.3, 0.4) is 0 Å². The van der Waals surface area contributed by atoms with Gasteiger partial charge in [0.15, 0.2) is 16.5 Å². The SMILES string of the molecule is CC(C)Cn1c(-n2cccn2)nc2cnc(-c3nc4ccccc4s3)nc21. The lowest BCUT2D eigenvalue weighted by Crippen LogP contribution is -2.11. The standard InChI is InChI=1S/C19H17N7S/c1-12(2)11-25-17-14(23-19(25)26-9-5-8-21-26)10-20-16(24-17)18-22-13-6-3-4-7-15(13)27-18/h3-10,12H,11H2,1-2H3. The number of aromatic nitrogens is 7. The molecule has 134 valence electrons. The van der Waals surface area contributed by atoms with Crippen LogP contribution in [0, 0.1) is 5.92 Å². The van der Waals surface area contributed by atoms with Crippen LogP contribution in [0.1, 0.15) is 13.8 Å². The first kappa shape index (κ1) is 16.1. The Labute approximate surface area is 159 Å². The first-order chi connectivity index (χ1) is 13.2. The summed E-state index contributed by atoms with van der Waals surface area (Å²) in [6.07, 6.45) is 5.41. The fraction of sp³-hybridized carbons (Fsp3) is 0.211. The van der Waals surface area contributed by atoms with Crippen molar-refractivity contribution in [2.75, 3.05) is 0 Å². The summed E-state index contributed by atoms with van der Waals surface area (Å²) in [6, 6.07) is 9.96. The van der Waals surface area contributed by atoms with Gasteiger partial charge in [-0.05, 0) is 24.1 Å². The second-order valence-electron chi connectivity index (χ2n) is 6.76. The molecule has 1 aromatic carbocycles. The fourth-order valence-electron chi connectivity index (χ4n) is 3.07. The zero-order valence-corrected chi connectivity index (χ0v) is 15.8. The van der Waals surface area contributed by atoms with Crippen LogP contribution in [0.15, 0.2) is 48.9 Å². The summed E-state index contributed by atoms with van der Waals surface area (Å²) in [5.41, 5.74) is 2.53. The average Bonchev–Trinajstić information content (AvgIpc) is 3.39. The Morgan fingerprint density at radius 2 is 1.93 bits per heavy atom. The normalized spacial score (nSPS) is 11.8. The lowest BCUT2D eigenvalue weighted by molar-refractivity contribution is 0.518. The number of para-hydroxylation sites is 1. The van der Waals surface area contributed by atoms with Gasteiger partial charge in [0.2, 0.25) is 5.95 Å². The molecule has 0 radical (unpaired) electrons. The van der Waals surface area contributed by atoms with E-state index in [4.69, 9.17) is 9.97 Å². The van der Waals surface area contributed by atoms with Crippen LogP contribution in [0.4, 0.5) is 0 Å². The van der Waals surface area contributed by atoms with Crippen molar-refractivity contribution in [3.8, 4) is 16.8 Å².